The first-order chi connectivity index (χ1) is 0. The van der Waals surface area contributed by atoms with E-state index in [9.17, 15) is 0 Å². The molecule has 0 saturated carbocycles. The summed E-state index contributed by atoms with van der Waals surface area (Å²) in [4.78, 5) is 0. The van der Waals surface area contributed by atoms with Crippen molar-refractivity contribution in [3.63, 3.8) is 0 Å². The van der Waals surface area contributed by atoms with E-state index >= 15 is 0 Å². The molecule has 0 heterocycles. The minimum Gasteiger partial charge on any atom is 0 e. The summed E-state index contributed by atoms with van der Waals surface area (Å²) in [6, 6.07) is 0. The van der Waals surface area contributed by atoms with E-state index in [4.69, 9.17) is 0 Å². The van der Waals surface area contributed by atoms with E-state index in [1.165, 1.54) is 0 Å². The standard InChI is InChI=1S/5Fe.Y. The summed E-state index contributed by atoms with van der Waals surface area (Å²) < 4.78 is 0. The fourth-order valence-electron chi connectivity index (χ4n) is 0. The number of hydrogen-bond acceptors (Lipinski definition) is 0. The second-order valence-electron chi connectivity index (χ2n) is 0. The molecule has 0 unspecified atom stereocenters. The first kappa shape index (κ1) is 53.6. The number of rotatable bonds is 0. The molecule has 0 aromatic rings. The van der Waals surface area contributed by atoms with Crippen molar-refractivity contribution in [2.75, 3.05) is 0 Å². The molecule has 0 aromatic carbocycles. The summed E-state index contributed by atoms with van der Waals surface area (Å²) in [5.74, 6) is 0. The van der Waals surface area contributed by atoms with Gasteiger partial charge in [-0.05, 0) is 0 Å². The van der Waals surface area contributed by atoms with Gasteiger partial charge in [0.25, 0.3) is 0 Å². The van der Waals surface area contributed by atoms with Crippen LogP contribution in [0.5, 0.6) is 0 Å². The Labute approximate surface area is 116 Å². The van der Waals surface area contributed by atoms with Crippen molar-refractivity contribution in [3.05, 3.63) is 0 Å². The van der Waals surface area contributed by atoms with E-state index < -0.39 is 0 Å². The maximum atomic E-state index is 0. The summed E-state index contributed by atoms with van der Waals surface area (Å²) in [6.45, 7) is 0. The van der Waals surface area contributed by atoms with Crippen molar-refractivity contribution in [1.29, 1.82) is 0 Å². The minimum atomic E-state index is 0. The van der Waals surface area contributed by atoms with Crippen molar-refractivity contribution in [2.45, 2.75) is 0 Å². The zero-order valence-corrected chi connectivity index (χ0v) is 10.7. The quantitative estimate of drug-likeness (QED) is 0.528. The van der Waals surface area contributed by atoms with Crippen molar-refractivity contribution < 1.29 is 118 Å². The molecule has 0 N–H and O–H groups in total. The Morgan fingerprint density at radius 3 is 0.333 bits per heavy atom. The van der Waals surface area contributed by atoms with Crippen LogP contribution in [0.3, 0.4) is 0 Å². The van der Waals surface area contributed by atoms with E-state index in [1.807, 2.05) is 0 Å². The Morgan fingerprint density at radius 2 is 0.333 bits per heavy atom. The fourth-order valence-corrected chi connectivity index (χ4v) is 0. The molecule has 0 aliphatic rings. The van der Waals surface area contributed by atoms with Gasteiger partial charge in [-0.3, -0.25) is 0 Å². The third-order valence-corrected chi connectivity index (χ3v) is 0. The van der Waals surface area contributed by atoms with Crippen molar-refractivity contribution in [2.24, 2.45) is 0 Å². The minimum absolute atomic E-state index is 0. The molecule has 0 atom stereocenters. The zero-order valence-electron chi connectivity index (χ0n) is 2.35. The van der Waals surface area contributed by atoms with Crippen molar-refractivity contribution in [1.82, 2.24) is 0 Å². The van der Waals surface area contributed by atoms with Crippen LogP contribution in [0.4, 0.5) is 0 Å². The van der Waals surface area contributed by atoms with Crippen LogP contribution in [-0.4, -0.2) is 0 Å². The monoisotopic (exact) mass is 369 g/mol. The number of hydrogen-bond donors (Lipinski definition) is 0. The molecule has 0 amide bonds. The van der Waals surface area contributed by atoms with Crippen LogP contribution in [0.15, 0.2) is 0 Å². The molecule has 0 rings (SSSR count). The van der Waals surface area contributed by atoms with Gasteiger partial charge in [-0.15, -0.1) is 0 Å². The van der Waals surface area contributed by atoms with Gasteiger partial charge in [0.1, 0.15) is 0 Å². The summed E-state index contributed by atoms with van der Waals surface area (Å²) in [5, 5.41) is 0. The summed E-state index contributed by atoms with van der Waals surface area (Å²) in [5.41, 5.74) is 0. The molecule has 0 spiro atoms. The van der Waals surface area contributed by atoms with E-state index in [2.05, 4.69) is 0 Å². The maximum Gasteiger partial charge on any atom is 0 e. The van der Waals surface area contributed by atoms with Gasteiger partial charge in [0.2, 0.25) is 0 Å². The van der Waals surface area contributed by atoms with Gasteiger partial charge in [-0.2, -0.15) is 0 Å². The van der Waals surface area contributed by atoms with Crippen LogP contribution in [0.2, 0.25) is 0 Å². The maximum absolute atomic E-state index is 0. The molecule has 0 aliphatic carbocycles. The molecule has 6 heavy (non-hydrogen) atoms. The van der Waals surface area contributed by atoms with Crippen molar-refractivity contribution in [3.8, 4) is 0 Å². The van der Waals surface area contributed by atoms with Crippen LogP contribution in [0, 0.1) is 0 Å². The van der Waals surface area contributed by atoms with E-state index in [0.717, 1.165) is 0 Å². The average molecular weight is 368 g/mol. The van der Waals surface area contributed by atoms with Crippen molar-refractivity contribution >= 4 is 0 Å². The second-order valence-corrected chi connectivity index (χ2v) is 0. The Bertz CT molecular complexity index is 3.90. The largest absolute Gasteiger partial charge is 0 e. The Hall–Kier alpha value is 3.70. The van der Waals surface area contributed by atoms with Gasteiger partial charge in [0.05, 0.1) is 0 Å². The Morgan fingerprint density at radius 1 is 0.333 bits per heavy atom. The Kier molecular flexibility index (Phi) is 337. The molecule has 6 heteroatoms. The van der Waals surface area contributed by atoms with Crippen LogP contribution in [0.25, 0.3) is 0 Å². The molecule has 0 fully saturated rings. The summed E-state index contributed by atoms with van der Waals surface area (Å²) in [7, 11) is 0. The third kappa shape index (κ3) is 25.2. The smallest absolute Gasteiger partial charge is 0 e. The molecule has 0 bridgehead atoms. The van der Waals surface area contributed by atoms with Crippen LogP contribution in [0.1, 0.15) is 0 Å². The van der Waals surface area contributed by atoms with Gasteiger partial charge in [-0.25, -0.2) is 0 Å². The van der Waals surface area contributed by atoms with E-state index in [0.29, 0.717) is 0 Å². The summed E-state index contributed by atoms with van der Waals surface area (Å²) in [6.07, 6.45) is 0. The predicted molar refractivity (Wildman–Crippen MR) is 0 cm³/mol. The molecule has 43 valence electrons. The Balaban J connectivity index is 0. The van der Waals surface area contributed by atoms with Gasteiger partial charge < -0.3 is 0 Å². The zero-order chi connectivity index (χ0) is 0. The molecule has 0 saturated heterocycles. The predicted octanol–water partition coefficient (Wildman–Crippen LogP) is -0.0150. The average Bonchev–Trinajstić information content (AvgIpc) is 0. The summed E-state index contributed by atoms with van der Waals surface area (Å²) >= 11 is 0. The third-order valence-electron chi connectivity index (χ3n) is 0. The van der Waals surface area contributed by atoms with Gasteiger partial charge in [0.15, 0.2) is 0 Å². The van der Waals surface area contributed by atoms with E-state index in [-0.39, 0.29) is 118 Å². The first-order valence-corrected chi connectivity index (χ1v) is 0. The topological polar surface area (TPSA) is 0 Å². The second kappa shape index (κ2) is 37.7. The van der Waals surface area contributed by atoms with E-state index in [1.54, 1.807) is 0 Å². The van der Waals surface area contributed by atoms with Crippen LogP contribution >= 0.6 is 0 Å². The molecular formula is Fe5Y. The molecular weight excluding hydrogens is 368 g/mol. The van der Waals surface area contributed by atoms with Gasteiger partial charge >= 0.3 is 0 Å². The molecule has 1 radical (unpaired) electrons. The SMILES string of the molecule is [Fe].[Fe].[Fe].[Fe].[Fe].[Y]. The van der Waals surface area contributed by atoms with Crippen LogP contribution in [-0.2, 0) is 118 Å². The fraction of sp³-hybridized carbons (Fsp3) is 0. The molecule has 0 aromatic heterocycles. The molecule has 0 aliphatic heterocycles. The van der Waals surface area contributed by atoms with Gasteiger partial charge in [0, 0.05) is 118 Å². The first-order valence-electron chi connectivity index (χ1n) is 0. The van der Waals surface area contributed by atoms with Crippen LogP contribution < -0.4 is 0 Å². The van der Waals surface area contributed by atoms with Gasteiger partial charge in [-0.1, -0.05) is 0 Å². The normalized spacial score (nSPS) is 0. The molecule has 0 nitrogen and oxygen atoms in total.